The zero-order chi connectivity index (χ0) is 9.14. The van der Waals surface area contributed by atoms with E-state index in [1.54, 1.807) is 25.3 Å². The average molecular weight is 182 g/mol. The Hall–Kier alpha value is -1.00. The Kier molecular flexibility index (Phi) is 2.73. The second kappa shape index (κ2) is 3.60. The van der Waals surface area contributed by atoms with Crippen LogP contribution in [0.3, 0.4) is 0 Å². The van der Waals surface area contributed by atoms with Crippen LogP contribution in [0.25, 0.3) is 0 Å². The number of aliphatic hydroxyl groups is 1. The van der Waals surface area contributed by atoms with Crippen molar-refractivity contribution in [3.8, 4) is 0 Å². The minimum Gasteiger partial charge on any atom is -0.389 e. The Morgan fingerprint density at radius 1 is 1.75 bits per heavy atom. The fraction of sp³-hybridized carbons (Fsp3) is 0.250. The van der Waals surface area contributed by atoms with E-state index < -0.39 is 6.10 Å². The molecule has 4 heteroatoms. The summed E-state index contributed by atoms with van der Waals surface area (Å²) in [6, 6.07) is 3.40. The summed E-state index contributed by atoms with van der Waals surface area (Å²) in [6.07, 6.45) is 0.996. The van der Waals surface area contributed by atoms with Crippen molar-refractivity contribution in [2.45, 2.75) is 13.0 Å². The fourth-order valence-corrected chi connectivity index (χ4v) is 0.957. The molecule has 12 heavy (non-hydrogen) atoms. The number of nitrogens with two attached hydrogens (primary N) is 1. The summed E-state index contributed by atoms with van der Waals surface area (Å²) in [4.78, 5) is 4.27. The predicted octanol–water partition coefficient (Wildman–Crippen LogP) is 0.769. The molecule has 0 aliphatic heterocycles. The summed E-state index contributed by atoms with van der Waals surface area (Å²) in [5.74, 6) is 0. The molecule has 1 heterocycles. The second-order valence-electron chi connectivity index (χ2n) is 2.51. The lowest BCUT2D eigenvalue weighted by molar-refractivity contribution is 0.194. The van der Waals surface area contributed by atoms with Crippen molar-refractivity contribution in [1.82, 2.24) is 4.98 Å². The quantitative estimate of drug-likeness (QED) is 0.663. The fourth-order valence-electron chi connectivity index (χ4n) is 0.830. The molecule has 1 rings (SSSR count). The number of nitrogens with zero attached hydrogens (tertiary/aromatic N) is 1. The van der Waals surface area contributed by atoms with E-state index in [2.05, 4.69) is 4.98 Å². The van der Waals surface area contributed by atoms with E-state index in [1.807, 2.05) is 0 Å². The lowest BCUT2D eigenvalue weighted by Gasteiger charge is -2.04. The Labute approximate surface area is 76.2 Å². The van der Waals surface area contributed by atoms with Crippen molar-refractivity contribution in [2.24, 2.45) is 5.73 Å². The number of thiocarbonyl (C=S) groups is 1. The molecule has 0 saturated heterocycles. The summed E-state index contributed by atoms with van der Waals surface area (Å²) in [6.45, 7) is 1.64. The lowest BCUT2D eigenvalue weighted by Crippen LogP contribution is -2.10. The smallest absolute Gasteiger partial charge is 0.104 e. The van der Waals surface area contributed by atoms with Gasteiger partial charge in [-0.05, 0) is 19.1 Å². The Balaban J connectivity index is 3.04. The molecule has 3 N–H and O–H groups in total. The van der Waals surface area contributed by atoms with Gasteiger partial charge in [-0.25, -0.2) is 0 Å². The minimum atomic E-state index is -0.584. The molecule has 0 fully saturated rings. The van der Waals surface area contributed by atoms with Gasteiger partial charge in [-0.1, -0.05) is 12.2 Å². The van der Waals surface area contributed by atoms with Crippen molar-refractivity contribution < 1.29 is 5.11 Å². The summed E-state index contributed by atoms with van der Waals surface area (Å²) in [5.41, 5.74) is 6.72. The molecule has 0 amide bonds. The number of aromatic nitrogens is 1. The third-order valence-corrected chi connectivity index (χ3v) is 1.73. The first kappa shape index (κ1) is 9.09. The Morgan fingerprint density at radius 3 is 2.92 bits per heavy atom. The summed E-state index contributed by atoms with van der Waals surface area (Å²) in [5, 5.41) is 9.18. The van der Waals surface area contributed by atoms with Gasteiger partial charge in [0.1, 0.15) is 4.99 Å². The van der Waals surface area contributed by atoms with E-state index in [0.717, 1.165) is 5.56 Å². The van der Waals surface area contributed by atoms with E-state index in [9.17, 15) is 5.11 Å². The van der Waals surface area contributed by atoms with Crippen molar-refractivity contribution in [3.63, 3.8) is 0 Å². The second-order valence-corrected chi connectivity index (χ2v) is 2.95. The molecule has 0 aliphatic rings. The van der Waals surface area contributed by atoms with Crippen LogP contribution in [0.5, 0.6) is 0 Å². The van der Waals surface area contributed by atoms with Gasteiger partial charge in [0.05, 0.1) is 11.8 Å². The molecule has 64 valence electrons. The van der Waals surface area contributed by atoms with Crippen LogP contribution in [0.2, 0.25) is 0 Å². The SMILES string of the molecule is CC(O)c1cc(C(N)=S)ccn1. The van der Waals surface area contributed by atoms with E-state index in [1.165, 1.54) is 0 Å². The van der Waals surface area contributed by atoms with Gasteiger partial charge in [0.25, 0.3) is 0 Å². The summed E-state index contributed by atoms with van der Waals surface area (Å²) >= 11 is 4.78. The molecule has 0 bridgehead atoms. The van der Waals surface area contributed by atoms with Crippen molar-refractivity contribution in [1.29, 1.82) is 0 Å². The van der Waals surface area contributed by atoms with Crippen LogP contribution in [0.15, 0.2) is 18.3 Å². The molecule has 3 nitrogen and oxygen atoms in total. The minimum absolute atomic E-state index is 0.319. The van der Waals surface area contributed by atoms with Gasteiger partial charge in [0.2, 0.25) is 0 Å². The van der Waals surface area contributed by atoms with Gasteiger partial charge >= 0.3 is 0 Å². The number of pyridine rings is 1. The normalized spacial score (nSPS) is 12.5. The number of hydrogen-bond acceptors (Lipinski definition) is 3. The number of rotatable bonds is 2. The number of hydrogen-bond donors (Lipinski definition) is 2. The van der Waals surface area contributed by atoms with Crippen LogP contribution in [-0.4, -0.2) is 15.1 Å². The first-order chi connectivity index (χ1) is 5.61. The van der Waals surface area contributed by atoms with Crippen molar-refractivity contribution in [2.75, 3.05) is 0 Å². The van der Waals surface area contributed by atoms with Crippen LogP contribution in [0, 0.1) is 0 Å². The third-order valence-electron chi connectivity index (χ3n) is 1.49. The topological polar surface area (TPSA) is 59.1 Å². The molecule has 1 unspecified atom stereocenters. The number of aliphatic hydroxyl groups excluding tert-OH is 1. The van der Waals surface area contributed by atoms with E-state index >= 15 is 0 Å². The average Bonchev–Trinajstić information content (AvgIpc) is 2.04. The van der Waals surface area contributed by atoms with Crippen LogP contribution in [0.4, 0.5) is 0 Å². The van der Waals surface area contributed by atoms with Gasteiger partial charge < -0.3 is 10.8 Å². The largest absolute Gasteiger partial charge is 0.389 e. The Morgan fingerprint density at radius 2 is 2.42 bits per heavy atom. The first-order valence-electron chi connectivity index (χ1n) is 3.55. The molecule has 1 aromatic rings. The van der Waals surface area contributed by atoms with E-state index in [0.29, 0.717) is 10.7 Å². The summed E-state index contributed by atoms with van der Waals surface area (Å²) < 4.78 is 0. The molecule has 0 aliphatic carbocycles. The van der Waals surface area contributed by atoms with Crippen LogP contribution in [0.1, 0.15) is 24.3 Å². The Bertz CT molecular complexity index is 299. The van der Waals surface area contributed by atoms with Crippen LogP contribution >= 0.6 is 12.2 Å². The third kappa shape index (κ3) is 1.99. The van der Waals surface area contributed by atoms with E-state index in [-0.39, 0.29) is 0 Å². The maximum atomic E-state index is 9.18. The highest BCUT2D eigenvalue weighted by Crippen LogP contribution is 2.09. The van der Waals surface area contributed by atoms with Crippen LogP contribution < -0.4 is 5.73 Å². The molecular weight excluding hydrogens is 172 g/mol. The zero-order valence-electron chi connectivity index (χ0n) is 6.69. The maximum Gasteiger partial charge on any atom is 0.104 e. The van der Waals surface area contributed by atoms with Crippen molar-refractivity contribution in [3.05, 3.63) is 29.6 Å². The molecule has 0 aromatic carbocycles. The molecule has 1 atom stereocenters. The standard InChI is InChI=1S/C8H10N2OS/c1-5(11)7-4-6(8(9)12)2-3-10-7/h2-5,11H,1H3,(H2,9,12). The van der Waals surface area contributed by atoms with Gasteiger partial charge in [0, 0.05) is 11.8 Å². The maximum absolute atomic E-state index is 9.18. The summed E-state index contributed by atoms with van der Waals surface area (Å²) in [7, 11) is 0. The molecule has 0 radical (unpaired) electrons. The lowest BCUT2D eigenvalue weighted by atomic mass is 10.2. The van der Waals surface area contributed by atoms with E-state index in [4.69, 9.17) is 18.0 Å². The first-order valence-corrected chi connectivity index (χ1v) is 3.96. The van der Waals surface area contributed by atoms with Gasteiger partial charge in [-0.3, -0.25) is 4.98 Å². The van der Waals surface area contributed by atoms with Gasteiger partial charge in [-0.15, -0.1) is 0 Å². The molecule has 1 aromatic heterocycles. The highest BCUT2D eigenvalue weighted by molar-refractivity contribution is 7.80. The monoisotopic (exact) mass is 182 g/mol. The molecule has 0 spiro atoms. The van der Waals surface area contributed by atoms with Crippen molar-refractivity contribution >= 4 is 17.2 Å². The van der Waals surface area contributed by atoms with Crippen LogP contribution in [-0.2, 0) is 0 Å². The zero-order valence-corrected chi connectivity index (χ0v) is 7.51. The van der Waals surface area contributed by atoms with Gasteiger partial charge in [-0.2, -0.15) is 0 Å². The molecule has 0 saturated carbocycles. The van der Waals surface area contributed by atoms with Gasteiger partial charge in [0.15, 0.2) is 0 Å². The predicted molar refractivity (Wildman–Crippen MR) is 50.8 cm³/mol. The molecular formula is C8H10N2OS. The highest BCUT2D eigenvalue weighted by Gasteiger charge is 2.03. The highest BCUT2D eigenvalue weighted by atomic mass is 32.1.